The number of thiophene rings is 1. The number of hydrogen-bond acceptors (Lipinski definition) is 6. The zero-order valence-corrected chi connectivity index (χ0v) is 13.6. The van der Waals surface area contributed by atoms with E-state index in [-0.39, 0.29) is 12.6 Å². The minimum absolute atomic E-state index is 0.0897. The number of imidazole rings is 1. The molecule has 0 bridgehead atoms. The van der Waals surface area contributed by atoms with Crippen molar-refractivity contribution in [2.24, 2.45) is 17.4 Å². The van der Waals surface area contributed by atoms with Crippen molar-refractivity contribution in [3.8, 4) is 22.9 Å². The van der Waals surface area contributed by atoms with Crippen molar-refractivity contribution in [3.05, 3.63) is 35.4 Å². The van der Waals surface area contributed by atoms with Crippen molar-refractivity contribution in [2.45, 2.75) is 0 Å². The van der Waals surface area contributed by atoms with Crippen LogP contribution in [0.2, 0.25) is 0 Å². The van der Waals surface area contributed by atoms with Crippen LogP contribution in [0.3, 0.4) is 0 Å². The predicted molar refractivity (Wildman–Crippen MR) is 89.1 cm³/mol. The van der Waals surface area contributed by atoms with E-state index >= 15 is 0 Å². The van der Waals surface area contributed by atoms with Gasteiger partial charge in [-0.25, -0.2) is 9.78 Å². The predicted octanol–water partition coefficient (Wildman–Crippen LogP) is 2.07. The molecule has 2 aliphatic heterocycles. The van der Waals surface area contributed by atoms with Crippen molar-refractivity contribution < 1.29 is 4.79 Å². The highest BCUT2D eigenvalue weighted by atomic mass is 32.1. The number of terminal acetylenes is 1. The molecule has 0 spiro atoms. The fourth-order valence-electron chi connectivity index (χ4n) is 2.59. The normalized spacial score (nSPS) is 16.4. The van der Waals surface area contributed by atoms with Gasteiger partial charge in [0.1, 0.15) is 12.2 Å². The van der Waals surface area contributed by atoms with Gasteiger partial charge >= 0.3 is 6.03 Å². The lowest BCUT2D eigenvalue weighted by atomic mass is 10.4. The number of carbonyl (C=O) groups is 1. The van der Waals surface area contributed by atoms with Gasteiger partial charge < -0.3 is 9.88 Å². The summed E-state index contributed by atoms with van der Waals surface area (Å²) in [6.45, 7) is 0.400. The van der Waals surface area contributed by atoms with Crippen molar-refractivity contribution >= 4 is 23.1 Å². The Morgan fingerprint density at radius 1 is 1.50 bits per heavy atom. The molecule has 2 amide bonds. The highest BCUT2D eigenvalue weighted by molar-refractivity contribution is 7.13. The molecule has 4 rings (SSSR count). The Bertz CT molecular complexity index is 903. The molecule has 9 heteroatoms. The van der Waals surface area contributed by atoms with Gasteiger partial charge in [-0.3, -0.25) is 4.90 Å². The molecule has 2 aromatic rings. The summed E-state index contributed by atoms with van der Waals surface area (Å²) in [6.07, 6.45) is 7.19. The number of nitrogens with one attached hydrogen (secondary N) is 1. The molecule has 0 saturated heterocycles. The maximum atomic E-state index is 12.4. The molecule has 120 valence electrons. The van der Waals surface area contributed by atoms with Gasteiger partial charge in [-0.15, -0.1) is 22.9 Å². The molecule has 4 heterocycles. The molecular formula is C15H13N7OS. The molecule has 0 aliphatic carbocycles. The van der Waals surface area contributed by atoms with Crippen molar-refractivity contribution in [1.29, 1.82) is 0 Å². The Labute approximate surface area is 142 Å². The Morgan fingerprint density at radius 3 is 3.12 bits per heavy atom. The second kappa shape index (κ2) is 5.50. The van der Waals surface area contributed by atoms with Crippen LogP contribution in [0.4, 0.5) is 4.79 Å². The zero-order chi connectivity index (χ0) is 16.7. The number of hydrogen-bond donors (Lipinski definition) is 1. The van der Waals surface area contributed by atoms with Crippen molar-refractivity contribution in [1.82, 2.24) is 24.8 Å². The van der Waals surface area contributed by atoms with Gasteiger partial charge in [0.2, 0.25) is 0 Å². The summed E-state index contributed by atoms with van der Waals surface area (Å²) < 4.78 is 1.90. The number of amides is 2. The van der Waals surface area contributed by atoms with Gasteiger partial charge in [-0.1, -0.05) is 17.2 Å². The first kappa shape index (κ1) is 14.5. The Balaban J connectivity index is 1.74. The van der Waals surface area contributed by atoms with Crippen LogP contribution in [0.1, 0.15) is 5.82 Å². The number of rotatable bonds is 3. The summed E-state index contributed by atoms with van der Waals surface area (Å²) in [7, 11) is 1.91. The van der Waals surface area contributed by atoms with Crippen LogP contribution < -0.4 is 5.32 Å². The van der Waals surface area contributed by atoms with Crippen LogP contribution in [-0.2, 0) is 7.05 Å². The van der Waals surface area contributed by atoms with Crippen LogP contribution in [0, 0.1) is 12.3 Å². The Hall–Kier alpha value is -3.12. The van der Waals surface area contributed by atoms with E-state index in [0.29, 0.717) is 24.0 Å². The third-order valence-electron chi connectivity index (χ3n) is 3.71. The fourth-order valence-corrected chi connectivity index (χ4v) is 3.27. The average Bonchev–Trinajstić information content (AvgIpc) is 3.29. The van der Waals surface area contributed by atoms with Gasteiger partial charge in [0.05, 0.1) is 17.2 Å². The van der Waals surface area contributed by atoms with Crippen molar-refractivity contribution in [3.63, 3.8) is 0 Å². The fraction of sp³-hybridized carbons (Fsp3) is 0.200. The summed E-state index contributed by atoms with van der Waals surface area (Å²) in [4.78, 5) is 19.6. The highest BCUT2D eigenvalue weighted by Crippen LogP contribution is 2.31. The molecular weight excluding hydrogens is 326 g/mol. The SMILES string of the molecule is C#CCN1N=NC2=C(c3nc(-c4cccs4)cn3C)NCN2C1=O. The van der Waals surface area contributed by atoms with Crippen LogP contribution >= 0.6 is 11.3 Å². The highest BCUT2D eigenvalue weighted by Gasteiger charge is 2.36. The molecule has 0 radical (unpaired) electrons. The largest absolute Gasteiger partial charge is 0.361 e. The van der Waals surface area contributed by atoms with E-state index in [0.717, 1.165) is 15.6 Å². The Morgan fingerprint density at radius 2 is 2.38 bits per heavy atom. The maximum Gasteiger partial charge on any atom is 0.349 e. The number of carbonyl (C=O) groups excluding carboxylic acids is 1. The number of fused-ring (bicyclic) bond motifs is 1. The third-order valence-corrected chi connectivity index (χ3v) is 4.60. The molecule has 2 aliphatic rings. The topological polar surface area (TPSA) is 78.1 Å². The molecule has 1 N–H and O–H groups in total. The van der Waals surface area contributed by atoms with Gasteiger partial charge in [0, 0.05) is 13.2 Å². The van der Waals surface area contributed by atoms with E-state index in [4.69, 9.17) is 6.42 Å². The number of aromatic nitrogens is 2. The zero-order valence-electron chi connectivity index (χ0n) is 12.8. The molecule has 0 saturated carbocycles. The molecule has 24 heavy (non-hydrogen) atoms. The summed E-state index contributed by atoms with van der Waals surface area (Å²) in [5, 5.41) is 14.4. The molecule has 0 fully saturated rings. The third kappa shape index (κ3) is 2.16. The minimum Gasteiger partial charge on any atom is -0.361 e. The Kier molecular flexibility index (Phi) is 3.32. The minimum atomic E-state index is -0.298. The van der Waals surface area contributed by atoms with E-state index < -0.39 is 0 Å². The quantitative estimate of drug-likeness (QED) is 0.870. The van der Waals surface area contributed by atoms with Crippen LogP contribution in [-0.4, -0.2) is 38.7 Å². The van der Waals surface area contributed by atoms with Gasteiger partial charge in [0.25, 0.3) is 0 Å². The molecule has 8 nitrogen and oxygen atoms in total. The lowest BCUT2D eigenvalue weighted by Gasteiger charge is -2.24. The first-order chi connectivity index (χ1) is 11.7. The molecule has 2 aromatic heterocycles. The lowest BCUT2D eigenvalue weighted by molar-refractivity contribution is 0.160. The smallest absolute Gasteiger partial charge is 0.349 e. The summed E-state index contributed by atoms with van der Waals surface area (Å²) in [6, 6.07) is 3.71. The monoisotopic (exact) mass is 339 g/mol. The van der Waals surface area contributed by atoms with E-state index in [1.54, 1.807) is 11.3 Å². The number of urea groups is 1. The average molecular weight is 339 g/mol. The van der Waals surface area contributed by atoms with Crippen LogP contribution in [0.5, 0.6) is 0 Å². The van der Waals surface area contributed by atoms with E-state index in [9.17, 15) is 4.79 Å². The van der Waals surface area contributed by atoms with Gasteiger partial charge in [0.15, 0.2) is 11.6 Å². The maximum absolute atomic E-state index is 12.4. The number of nitrogens with zero attached hydrogens (tertiary/aromatic N) is 6. The second-order valence-corrected chi connectivity index (χ2v) is 6.18. The second-order valence-electron chi connectivity index (χ2n) is 5.23. The first-order valence-corrected chi connectivity index (χ1v) is 8.07. The van der Waals surface area contributed by atoms with Crippen LogP contribution in [0.15, 0.2) is 39.9 Å². The van der Waals surface area contributed by atoms with Crippen LogP contribution in [0.25, 0.3) is 16.3 Å². The molecule has 0 aromatic carbocycles. The standard InChI is InChI=1S/C15H13N7OS/c1-3-6-22-15(23)21-9-16-12(14(21)18-19-22)13-17-10(8-20(13)2)11-5-4-7-24-11/h1,4-5,7-8,16H,6,9H2,2H3. The number of aryl methyl sites for hydroxylation is 1. The first-order valence-electron chi connectivity index (χ1n) is 7.19. The summed E-state index contributed by atoms with van der Waals surface area (Å²) >= 11 is 1.63. The van der Waals surface area contributed by atoms with Gasteiger partial charge in [-0.2, -0.15) is 5.01 Å². The summed E-state index contributed by atoms with van der Waals surface area (Å²) in [5.74, 6) is 3.55. The van der Waals surface area contributed by atoms with Gasteiger partial charge in [-0.05, 0) is 11.4 Å². The van der Waals surface area contributed by atoms with E-state index in [1.165, 1.54) is 4.90 Å². The van der Waals surface area contributed by atoms with E-state index in [2.05, 4.69) is 26.6 Å². The molecule has 0 atom stereocenters. The molecule has 0 unspecified atom stereocenters. The van der Waals surface area contributed by atoms with Crippen molar-refractivity contribution in [2.75, 3.05) is 13.2 Å². The summed E-state index contributed by atoms with van der Waals surface area (Å²) in [5.41, 5.74) is 1.56. The lowest BCUT2D eigenvalue weighted by Crippen LogP contribution is -2.42. The van der Waals surface area contributed by atoms with E-state index in [1.807, 2.05) is 35.3 Å².